The molecule has 0 bridgehead atoms. The minimum Gasteiger partial charge on any atom is -0.319 e. The number of nitrogens with one attached hydrogen (secondary N) is 1. The van der Waals surface area contributed by atoms with Crippen molar-refractivity contribution in [1.29, 1.82) is 0 Å². The van der Waals surface area contributed by atoms with Crippen LogP contribution in [0.3, 0.4) is 0 Å². The van der Waals surface area contributed by atoms with Crippen molar-refractivity contribution in [1.82, 2.24) is 9.97 Å². The van der Waals surface area contributed by atoms with Gasteiger partial charge in [0.1, 0.15) is 10.8 Å². The average molecular weight is 240 g/mol. The normalized spacial score (nSPS) is 9.93. The minimum atomic E-state index is -0.250. The van der Waals surface area contributed by atoms with Crippen LogP contribution in [0.25, 0.3) is 0 Å². The third kappa shape index (κ3) is 2.51. The number of anilines is 1. The van der Waals surface area contributed by atoms with Gasteiger partial charge in [-0.3, -0.25) is 4.79 Å². The van der Waals surface area contributed by atoms with Gasteiger partial charge >= 0.3 is 0 Å². The summed E-state index contributed by atoms with van der Waals surface area (Å²) in [5, 5.41) is 4.73. The van der Waals surface area contributed by atoms with Crippen molar-refractivity contribution in [2.75, 3.05) is 5.32 Å². The van der Waals surface area contributed by atoms with E-state index in [9.17, 15) is 4.79 Å². The van der Waals surface area contributed by atoms with Gasteiger partial charge < -0.3 is 5.32 Å². The maximum absolute atomic E-state index is 11.5. The number of nitrogens with zero attached hydrogens (tertiary/aromatic N) is 2. The fourth-order valence-corrected chi connectivity index (χ4v) is 1.61. The molecule has 0 spiro atoms. The Morgan fingerprint density at radius 2 is 2.27 bits per heavy atom. The van der Waals surface area contributed by atoms with Crippen LogP contribution in [0.15, 0.2) is 29.2 Å². The number of thiazole rings is 1. The van der Waals surface area contributed by atoms with Crippen LogP contribution in [-0.2, 0) is 0 Å². The highest BCUT2D eigenvalue weighted by Gasteiger charge is 2.07. The first-order valence-corrected chi connectivity index (χ1v) is 5.39. The van der Waals surface area contributed by atoms with Crippen LogP contribution in [0, 0.1) is 0 Å². The van der Waals surface area contributed by atoms with E-state index in [0.717, 1.165) is 0 Å². The van der Waals surface area contributed by atoms with Crippen LogP contribution >= 0.6 is 22.9 Å². The molecule has 0 aliphatic heterocycles. The Hall–Kier alpha value is -1.46. The SMILES string of the molecule is O=C(Nc1ccc(Cl)nc1)c1cscn1. The Bertz CT molecular complexity index is 455. The first-order chi connectivity index (χ1) is 7.25. The first-order valence-electron chi connectivity index (χ1n) is 4.07. The number of amides is 1. The number of pyridine rings is 1. The molecule has 0 aromatic carbocycles. The third-order valence-corrected chi connectivity index (χ3v) is 2.46. The van der Waals surface area contributed by atoms with Gasteiger partial charge in [0, 0.05) is 5.38 Å². The summed E-state index contributed by atoms with van der Waals surface area (Å²) in [6.45, 7) is 0. The van der Waals surface area contributed by atoms with Crippen molar-refractivity contribution < 1.29 is 4.79 Å². The standard InChI is InChI=1S/C9H6ClN3OS/c10-8-2-1-6(3-11-8)13-9(14)7-4-15-5-12-7/h1-5H,(H,13,14). The Morgan fingerprint density at radius 3 is 2.87 bits per heavy atom. The van der Waals surface area contributed by atoms with Gasteiger partial charge in [0.2, 0.25) is 0 Å². The maximum atomic E-state index is 11.5. The van der Waals surface area contributed by atoms with E-state index in [1.54, 1.807) is 23.0 Å². The van der Waals surface area contributed by atoms with E-state index >= 15 is 0 Å². The number of carbonyl (C=O) groups is 1. The lowest BCUT2D eigenvalue weighted by Gasteiger charge is -2.01. The van der Waals surface area contributed by atoms with Gasteiger partial charge in [-0.05, 0) is 12.1 Å². The largest absolute Gasteiger partial charge is 0.319 e. The second-order valence-electron chi connectivity index (χ2n) is 2.70. The zero-order chi connectivity index (χ0) is 10.7. The molecule has 0 saturated carbocycles. The molecule has 2 aromatic rings. The van der Waals surface area contributed by atoms with Crippen molar-refractivity contribution in [3.05, 3.63) is 40.1 Å². The summed E-state index contributed by atoms with van der Waals surface area (Å²) in [5.41, 5.74) is 2.60. The van der Waals surface area contributed by atoms with E-state index < -0.39 is 0 Å². The number of halogens is 1. The molecule has 0 aliphatic rings. The molecule has 76 valence electrons. The highest BCUT2D eigenvalue weighted by atomic mass is 35.5. The van der Waals surface area contributed by atoms with Gasteiger partial charge in [-0.2, -0.15) is 0 Å². The monoisotopic (exact) mass is 239 g/mol. The molecule has 2 heterocycles. The fourth-order valence-electron chi connectivity index (χ4n) is 0.970. The number of aromatic nitrogens is 2. The lowest BCUT2D eigenvalue weighted by atomic mass is 10.4. The highest BCUT2D eigenvalue weighted by molar-refractivity contribution is 7.07. The Labute approximate surface area is 94.9 Å². The van der Waals surface area contributed by atoms with Crippen LogP contribution in [0.1, 0.15) is 10.5 Å². The smallest absolute Gasteiger partial charge is 0.275 e. The minimum absolute atomic E-state index is 0.250. The fraction of sp³-hybridized carbons (Fsp3) is 0. The third-order valence-electron chi connectivity index (χ3n) is 1.65. The zero-order valence-corrected chi connectivity index (χ0v) is 9.05. The molecule has 1 N–H and O–H groups in total. The second kappa shape index (κ2) is 4.37. The van der Waals surface area contributed by atoms with Gasteiger partial charge in [0.05, 0.1) is 17.4 Å². The summed E-state index contributed by atoms with van der Waals surface area (Å²) in [6.07, 6.45) is 1.49. The van der Waals surface area contributed by atoms with E-state index in [0.29, 0.717) is 16.5 Å². The maximum Gasteiger partial charge on any atom is 0.275 e. The lowest BCUT2D eigenvalue weighted by Crippen LogP contribution is -2.12. The van der Waals surface area contributed by atoms with Crippen LogP contribution in [-0.4, -0.2) is 15.9 Å². The molecule has 0 unspecified atom stereocenters. The van der Waals surface area contributed by atoms with Crippen molar-refractivity contribution >= 4 is 34.5 Å². The second-order valence-corrected chi connectivity index (χ2v) is 3.80. The van der Waals surface area contributed by atoms with Gasteiger partial charge in [-0.15, -0.1) is 11.3 Å². The van der Waals surface area contributed by atoms with Gasteiger partial charge in [-0.1, -0.05) is 11.6 Å². The molecule has 1 amide bonds. The summed E-state index contributed by atoms with van der Waals surface area (Å²) in [7, 11) is 0. The summed E-state index contributed by atoms with van der Waals surface area (Å²) in [4.78, 5) is 19.3. The van der Waals surface area contributed by atoms with Crippen LogP contribution < -0.4 is 5.32 Å². The van der Waals surface area contributed by atoms with Gasteiger partial charge in [0.25, 0.3) is 5.91 Å². The number of carbonyl (C=O) groups excluding carboxylic acids is 1. The van der Waals surface area contributed by atoms with E-state index in [-0.39, 0.29) is 5.91 Å². The van der Waals surface area contributed by atoms with Crippen molar-refractivity contribution in [3.63, 3.8) is 0 Å². The molecule has 2 rings (SSSR count). The molecule has 15 heavy (non-hydrogen) atoms. The van der Waals surface area contributed by atoms with Crippen LogP contribution in [0.2, 0.25) is 5.15 Å². The van der Waals surface area contributed by atoms with Crippen LogP contribution in [0.5, 0.6) is 0 Å². The average Bonchev–Trinajstić information content (AvgIpc) is 2.74. The van der Waals surface area contributed by atoms with Crippen molar-refractivity contribution in [2.24, 2.45) is 0 Å². The summed E-state index contributed by atoms with van der Waals surface area (Å²) >= 11 is 6.99. The molecule has 0 atom stereocenters. The molecule has 6 heteroatoms. The van der Waals surface area contributed by atoms with Crippen molar-refractivity contribution in [3.8, 4) is 0 Å². The lowest BCUT2D eigenvalue weighted by molar-refractivity contribution is 0.102. The van der Waals surface area contributed by atoms with Gasteiger partial charge in [0.15, 0.2) is 0 Å². The first kappa shape index (κ1) is 10.1. The zero-order valence-electron chi connectivity index (χ0n) is 7.48. The summed E-state index contributed by atoms with van der Waals surface area (Å²) < 4.78 is 0. The number of rotatable bonds is 2. The molecule has 4 nitrogen and oxygen atoms in total. The Morgan fingerprint density at radius 1 is 1.40 bits per heavy atom. The predicted molar refractivity (Wildman–Crippen MR) is 59.3 cm³/mol. The number of hydrogen-bond acceptors (Lipinski definition) is 4. The van der Waals surface area contributed by atoms with Gasteiger partial charge in [-0.25, -0.2) is 9.97 Å². The molecule has 0 radical (unpaired) electrons. The molecule has 0 saturated heterocycles. The molecule has 0 fully saturated rings. The molecular weight excluding hydrogens is 234 g/mol. The highest BCUT2D eigenvalue weighted by Crippen LogP contribution is 2.11. The molecule has 2 aromatic heterocycles. The molecular formula is C9H6ClN3OS. The summed E-state index contributed by atoms with van der Waals surface area (Å²) in [6, 6.07) is 3.29. The topological polar surface area (TPSA) is 54.9 Å². The van der Waals surface area contributed by atoms with E-state index in [1.165, 1.54) is 17.5 Å². The quantitative estimate of drug-likeness (QED) is 0.819. The number of hydrogen-bond donors (Lipinski definition) is 1. The van der Waals surface area contributed by atoms with E-state index in [4.69, 9.17) is 11.6 Å². The summed E-state index contributed by atoms with van der Waals surface area (Å²) in [5.74, 6) is -0.250. The van der Waals surface area contributed by atoms with Crippen molar-refractivity contribution in [2.45, 2.75) is 0 Å². The van der Waals surface area contributed by atoms with E-state index in [1.807, 2.05) is 0 Å². The molecule has 0 aliphatic carbocycles. The van der Waals surface area contributed by atoms with E-state index in [2.05, 4.69) is 15.3 Å². The Balaban J connectivity index is 2.09. The Kier molecular flexibility index (Phi) is 2.94. The van der Waals surface area contributed by atoms with Crippen LogP contribution in [0.4, 0.5) is 5.69 Å². The predicted octanol–water partition coefficient (Wildman–Crippen LogP) is 2.44.